The normalized spacial score (nSPS) is 50.3. The molecule has 20 atom stereocenters. The standard InChI is InChI=1S/C42H72O14/c1-20(9-13-29(39(4,5)52)56-37-35(51)33(49)31(47)25(19-44)54-37)21-15-16-40(6)26-12-10-22-23(42(26,8)27(45)17-41(21,40)7)11-14-28(38(22,2)3)55-36-34(50)32(48)30(46)24(18-43)53-36/h10,20-21,23-37,43-52H,9,11-19H2,1-8H3/t20-,21-,23-,24-,25-,26-,27-,28+,29-,30-,31-,32+,33+,34-,35-,36+,37+,40+,41-,42+/m0/s1. The Morgan fingerprint density at radius 3 is 1.91 bits per heavy atom. The topological polar surface area (TPSA) is 239 Å². The molecule has 0 spiro atoms. The highest BCUT2D eigenvalue weighted by molar-refractivity contribution is 5.32. The molecule has 0 bridgehead atoms. The highest BCUT2D eigenvalue weighted by Crippen LogP contribution is 2.75. The summed E-state index contributed by atoms with van der Waals surface area (Å²) < 4.78 is 23.9. The largest absolute Gasteiger partial charge is 0.394 e. The van der Waals surface area contributed by atoms with Gasteiger partial charge in [-0.3, -0.25) is 0 Å². The Hall–Kier alpha value is -0.820. The maximum Gasteiger partial charge on any atom is 0.187 e. The van der Waals surface area contributed by atoms with Crippen LogP contribution in [0.5, 0.6) is 0 Å². The van der Waals surface area contributed by atoms with Gasteiger partial charge in [-0.05, 0) is 99.7 Å². The van der Waals surface area contributed by atoms with E-state index in [0.29, 0.717) is 25.7 Å². The van der Waals surface area contributed by atoms with Gasteiger partial charge in [-0.25, -0.2) is 0 Å². The molecule has 3 saturated carbocycles. The molecule has 0 aromatic carbocycles. The summed E-state index contributed by atoms with van der Waals surface area (Å²) >= 11 is 0. The van der Waals surface area contributed by atoms with Crippen molar-refractivity contribution in [1.29, 1.82) is 0 Å². The first-order valence-corrected chi connectivity index (χ1v) is 21.0. The summed E-state index contributed by atoms with van der Waals surface area (Å²) in [5.74, 6) is 0.800. The highest BCUT2D eigenvalue weighted by atomic mass is 16.7. The molecule has 56 heavy (non-hydrogen) atoms. The van der Waals surface area contributed by atoms with Gasteiger partial charge in [-0.1, -0.05) is 53.2 Å². The van der Waals surface area contributed by atoms with Crippen molar-refractivity contribution in [2.24, 2.45) is 45.3 Å². The molecule has 6 rings (SSSR count). The van der Waals surface area contributed by atoms with Crippen LogP contribution in [0.25, 0.3) is 0 Å². The van der Waals surface area contributed by atoms with E-state index in [1.54, 1.807) is 13.8 Å². The molecule has 324 valence electrons. The molecule has 2 aliphatic heterocycles. The molecule has 0 unspecified atom stereocenters. The Bertz CT molecular complexity index is 1400. The van der Waals surface area contributed by atoms with E-state index in [9.17, 15) is 51.1 Å². The first kappa shape index (κ1) is 44.7. The summed E-state index contributed by atoms with van der Waals surface area (Å²) in [6.07, 6.45) is -7.19. The summed E-state index contributed by atoms with van der Waals surface area (Å²) in [5, 5.41) is 106. The summed E-state index contributed by atoms with van der Waals surface area (Å²) in [4.78, 5) is 0. The zero-order chi connectivity index (χ0) is 41.5. The maximum absolute atomic E-state index is 12.5. The molecule has 0 radical (unpaired) electrons. The number of hydrogen-bond acceptors (Lipinski definition) is 14. The van der Waals surface area contributed by atoms with E-state index in [1.165, 1.54) is 5.57 Å². The first-order chi connectivity index (χ1) is 26.0. The molecule has 0 aromatic rings. The Labute approximate surface area is 331 Å². The lowest BCUT2D eigenvalue weighted by Crippen LogP contribution is -2.65. The highest BCUT2D eigenvalue weighted by Gasteiger charge is 2.70. The fourth-order valence-electron chi connectivity index (χ4n) is 12.8. The average Bonchev–Trinajstić information content (AvgIpc) is 3.40. The quantitative estimate of drug-likeness (QED) is 0.132. The van der Waals surface area contributed by atoms with Gasteiger partial charge in [0.25, 0.3) is 0 Å². The SMILES string of the molecule is C[C@@H](CC[C@H](O[C@H]1O[C@@H](CO)[C@H](O)[C@@H](O)[C@@H]1O)C(C)(C)O)[C@@H]1CC[C@]2(C)[C@@H]3CC=C4[C@H](CC[C@@H](O[C@H]5O[C@@H](CO)[C@H](O)[C@@H](O)[C@@H]5O)C4(C)C)[C@@]3(C)[C@@H](O)C[C@@]12C. The molecule has 10 N–H and O–H groups in total. The van der Waals surface area contributed by atoms with Gasteiger partial charge in [-0.15, -0.1) is 0 Å². The fourth-order valence-corrected chi connectivity index (χ4v) is 12.8. The van der Waals surface area contributed by atoms with Crippen molar-refractivity contribution in [2.45, 2.75) is 192 Å². The average molecular weight is 801 g/mol. The van der Waals surface area contributed by atoms with Crippen LogP contribution >= 0.6 is 0 Å². The van der Waals surface area contributed by atoms with Crippen LogP contribution in [0.1, 0.15) is 107 Å². The number of aliphatic hydroxyl groups is 10. The van der Waals surface area contributed by atoms with Crippen LogP contribution in [-0.2, 0) is 18.9 Å². The Morgan fingerprint density at radius 2 is 1.34 bits per heavy atom. The van der Waals surface area contributed by atoms with Gasteiger partial charge in [-0.2, -0.15) is 0 Å². The lowest BCUT2D eigenvalue weighted by Gasteiger charge is -2.67. The summed E-state index contributed by atoms with van der Waals surface area (Å²) in [6.45, 7) is 15.7. The predicted molar refractivity (Wildman–Crippen MR) is 202 cm³/mol. The lowest BCUT2D eigenvalue weighted by atomic mass is 9.38. The van der Waals surface area contributed by atoms with E-state index in [-0.39, 0.29) is 40.6 Å². The number of fused-ring (bicyclic) bond motifs is 5. The van der Waals surface area contributed by atoms with Crippen molar-refractivity contribution < 1.29 is 70.0 Å². The van der Waals surface area contributed by atoms with Gasteiger partial charge >= 0.3 is 0 Å². The van der Waals surface area contributed by atoms with E-state index in [2.05, 4.69) is 47.6 Å². The van der Waals surface area contributed by atoms with E-state index < -0.39 is 103 Å². The van der Waals surface area contributed by atoms with Crippen LogP contribution in [0.2, 0.25) is 0 Å². The van der Waals surface area contributed by atoms with Gasteiger partial charge in [0.15, 0.2) is 12.6 Å². The van der Waals surface area contributed by atoms with Gasteiger partial charge in [0.1, 0.15) is 48.8 Å². The first-order valence-electron chi connectivity index (χ1n) is 21.0. The second-order valence-electron chi connectivity index (χ2n) is 20.2. The number of allylic oxidation sites excluding steroid dienone is 1. The molecule has 14 heteroatoms. The zero-order valence-electron chi connectivity index (χ0n) is 34.6. The van der Waals surface area contributed by atoms with Crippen molar-refractivity contribution in [3.63, 3.8) is 0 Å². The monoisotopic (exact) mass is 800 g/mol. The molecule has 0 amide bonds. The number of hydrogen-bond donors (Lipinski definition) is 10. The van der Waals surface area contributed by atoms with Crippen LogP contribution in [0.15, 0.2) is 11.6 Å². The van der Waals surface area contributed by atoms with Crippen LogP contribution < -0.4 is 0 Å². The Kier molecular flexibility index (Phi) is 12.7. The van der Waals surface area contributed by atoms with Gasteiger partial charge in [0.2, 0.25) is 0 Å². The van der Waals surface area contributed by atoms with E-state index >= 15 is 0 Å². The van der Waals surface area contributed by atoms with E-state index in [4.69, 9.17) is 18.9 Å². The van der Waals surface area contributed by atoms with Crippen LogP contribution in [0.4, 0.5) is 0 Å². The van der Waals surface area contributed by atoms with Crippen molar-refractivity contribution in [1.82, 2.24) is 0 Å². The molecule has 14 nitrogen and oxygen atoms in total. The number of ether oxygens (including phenoxy) is 4. The minimum Gasteiger partial charge on any atom is -0.394 e. The molecular weight excluding hydrogens is 728 g/mol. The Morgan fingerprint density at radius 1 is 0.768 bits per heavy atom. The van der Waals surface area contributed by atoms with Crippen molar-refractivity contribution in [3.05, 3.63) is 11.6 Å². The lowest BCUT2D eigenvalue weighted by molar-refractivity contribution is -0.322. The molecule has 0 aromatic heterocycles. The van der Waals surface area contributed by atoms with Gasteiger partial charge < -0.3 is 70.0 Å². The predicted octanol–water partition coefficient (Wildman–Crippen LogP) is 1.12. The minimum absolute atomic E-state index is 0.0712. The van der Waals surface area contributed by atoms with Gasteiger partial charge in [0, 0.05) is 10.8 Å². The molecule has 4 aliphatic carbocycles. The summed E-state index contributed by atoms with van der Waals surface area (Å²) in [5.41, 5.74) is -1.23. The van der Waals surface area contributed by atoms with Crippen molar-refractivity contribution >= 4 is 0 Å². The molecule has 6 aliphatic rings. The Balaban J connectivity index is 1.17. The molecule has 2 heterocycles. The van der Waals surface area contributed by atoms with E-state index in [0.717, 1.165) is 25.7 Å². The summed E-state index contributed by atoms with van der Waals surface area (Å²) in [7, 11) is 0. The third kappa shape index (κ3) is 7.16. The van der Waals surface area contributed by atoms with Crippen molar-refractivity contribution in [3.8, 4) is 0 Å². The van der Waals surface area contributed by atoms with Crippen LogP contribution in [0, 0.1) is 45.3 Å². The zero-order valence-corrected chi connectivity index (χ0v) is 34.6. The third-order valence-corrected chi connectivity index (χ3v) is 16.6. The third-order valence-electron chi connectivity index (χ3n) is 16.6. The number of rotatable bonds is 11. The number of aliphatic hydroxyl groups excluding tert-OH is 9. The van der Waals surface area contributed by atoms with Crippen LogP contribution in [0.3, 0.4) is 0 Å². The maximum atomic E-state index is 12.5. The molecule has 5 fully saturated rings. The van der Waals surface area contributed by atoms with E-state index in [1.807, 2.05) is 0 Å². The van der Waals surface area contributed by atoms with Gasteiger partial charge in [0.05, 0.1) is 37.1 Å². The second kappa shape index (κ2) is 15.9. The van der Waals surface area contributed by atoms with Crippen LogP contribution in [-0.4, -0.2) is 150 Å². The van der Waals surface area contributed by atoms with Crippen molar-refractivity contribution in [2.75, 3.05) is 13.2 Å². The fraction of sp³-hybridized carbons (Fsp3) is 0.952. The minimum atomic E-state index is -1.58. The summed E-state index contributed by atoms with van der Waals surface area (Å²) in [6, 6.07) is 0. The second-order valence-corrected chi connectivity index (χ2v) is 20.2. The molecule has 2 saturated heterocycles. The smallest absolute Gasteiger partial charge is 0.187 e. The molecular formula is C42H72O14.